The molecule has 2 nitrogen and oxygen atoms in total. The normalized spacial score (nSPS) is 14.5. The molecule has 0 atom stereocenters. The first-order valence-electron chi connectivity index (χ1n) is 5.02. The summed E-state index contributed by atoms with van der Waals surface area (Å²) in [7, 11) is 0. The molecule has 0 amide bonds. The summed E-state index contributed by atoms with van der Waals surface area (Å²) in [6.07, 6.45) is 5.27. The van der Waals surface area contributed by atoms with Crippen molar-refractivity contribution < 1.29 is 9.47 Å². The fourth-order valence-electron chi connectivity index (χ4n) is 1.45. The third-order valence-electron chi connectivity index (χ3n) is 2.15. The smallest absolute Gasteiger partial charge is 0.161 e. The van der Waals surface area contributed by atoms with Gasteiger partial charge in [0.2, 0.25) is 0 Å². The third-order valence-corrected chi connectivity index (χ3v) is 2.61. The lowest BCUT2D eigenvalue weighted by Gasteiger charge is -2.18. The van der Waals surface area contributed by atoms with Crippen LogP contribution in [0.15, 0.2) is 24.3 Å². The number of ether oxygens (including phenoxy) is 2. The lowest BCUT2D eigenvalue weighted by atomic mass is 10.1. The highest BCUT2D eigenvalue weighted by atomic mass is 79.9. The molecule has 1 aliphatic rings. The van der Waals surface area contributed by atoms with Crippen LogP contribution in [0.3, 0.4) is 0 Å². The van der Waals surface area contributed by atoms with Crippen LogP contribution < -0.4 is 9.47 Å². The van der Waals surface area contributed by atoms with E-state index in [-0.39, 0.29) is 0 Å². The van der Waals surface area contributed by atoms with Crippen LogP contribution in [0, 0.1) is 0 Å². The Balaban J connectivity index is 2.13. The second kappa shape index (κ2) is 5.21. The summed E-state index contributed by atoms with van der Waals surface area (Å²) in [6.45, 7) is 1.29. The quantitative estimate of drug-likeness (QED) is 0.784. The molecule has 0 radical (unpaired) electrons. The molecule has 0 spiro atoms. The van der Waals surface area contributed by atoms with Gasteiger partial charge in [0.25, 0.3) is 0 Å². The Kier molecular flexibility index (Phi) is 3.67. The molecule has 0 fully saturated rings. The zero-order valence-electron chi connectivity index (χ0n) is 8.41. The van der Waals surface area contributed by atoms with E-state index in [4.69, 9.17) is 9.47 Å². The summed E-state index contributed by atoms with van der Waals surface area (Å²) in [6, 6.07) is 6.01. The van der Waals surface area contributed by atoms with E-state index in [2.05, 4.69) is 28.1 Å². The molecule has 2 rings (SSSR count). The van der Waals surface area contributed by atoms with Gasteiger partial charge in [-0.3, -0.25) is 0 Å². The highest BCUT2D eigenvalue weighted by molar-refractivity contribution is 9.09. The Morgan fingerprint density at radius 1 is 1.20 bits per heavy atom. The monoisotopic (exact) mass is 268 g/mol. The first kappa shape index (κ1) is 10.6. The number of allylic oxidation sites excluding steroid dienone is 1. The van der Waals surface area contributed by atoms with Crippen molar-refractivity contribution in [2.24, 2.45) is 0 Å². The molecule has 15 heavy (non-hydrogen) atoms. The van der Waals surface area contributed by atoms with E-state index in [1.54, 1.807) is 0 Å². The molecule has 80 valence electrons. The second-order valence-corrected chi connectivity index (χ2v) is 4.08. The molecule has 0 bridgehead atoms. The Morgan fingerprint density at radius 2 is 2.00 bits per heavy atom. The van der Waals surface area contributed by atoms with E-state index < -0.39 is 0 Å². The highest BCUT2D eigenvalue weighted by Crippen LogP contribution is 2.31. The Morgan fingerprint density at radius 3 is 2.80 bits per heavy atom. The maximum Gasteiger partial charge on any atom is 0.161 e. The molecular formula is C12H13BrO2. The maximum atomic E-state index is 5.50. The van der Waals surface area contributed by atoms with Crippen molar-refractivity contribution in [1.29, 1.82) is 0 Å². The van der Waals surface area contributed by atoms with E-state index in [0.717, 1.165) is 28.8 Å². The van der Waals surface area contributed by atoms with Crippen molar-refractivity contribution >= 4 is 22.0 Å². The van der Waals surface area contributed by atoms with Crippen LogP contribution in [0.25, 0.3) is 6.08 Å². The number of hydrogen-bond donors (Lipinski definition) is 0. The lowest BCUT2D eigenvalue weighted by molar-refractivity contribution is 0.171. The molecule has 1 heterocycles. The fourth-order valence-corrected chi connectivity index (χ4v) is 1.71. The standard InChI is InChI=1S/C12H13BrO2/c13-6-2-1-3-10-4-5-11-12(9-10)15-8-7-14-11/h1,3-5,9H,2,6-8H2/b3-1+. The summed E-state index contributed by atoms with van der Waals surface area (Å²) in [5.74, 6) is 1.70. The highest BCUT2D eigenvalue weighted by Gasteiger charge is 2.10. The molecular weight excluding hydrogens is 256 g/mol. The SMILES string of the molecule is BrCC/C=C/c1ccc2c(c1)OCCO2. The molecule has 0 aliphatic carbocycles. The van der Waals surface area contributed by atoms with Gasteiger partial charge < -0.3 is 9.47 Å². The van der Waals surface area contributed by atoms with Crippen LogP contribution in [0.4, 0.5) is 0 Å². The number of benzene rings is 1. The zero-order valence-corrected chi connectivity index (χ0v) is 10.00. The van der Waals surface area contributed by atoms with Crippen molar-refractivity contribution in [3.8, 4) is 11.5 Å². The Bertz CT molecular complexity index is 361. The van der Waals surface area contributed by atoms with Gasteiger partial charge in [0.15, 0.2) is 11.5 Å². The van der Waals surface area contributed by atoms with E-state index in [0.29, 0.717) is 13.2 Å². The van der Waals surface area contributed by atoms with E-state index in [9.17, 15) is 0 Å². The minimum absolute atomic E-state index is 0.640. The van der Waals surface area contributed by atoms with Crippen LogP contribution in [-0.2, 0) is 0 Å². The largest absolute Gasteiger partial charge is 0.486 e. The lowest BCUT2D eigenvalue weighted by Crippen LogP contribution is -2.15. The van der Waals surface area contributed by atoms with E-state index in [1.165, 1.54) is 0 Å². The van der Waals surface area contributed by atoms with Gasteiger partial charge in [-0.05, 0) is 24.1 Å². The van der Waals surface area contributed by atoms with Crippen molar-refractivity contribution in [2.75, 3.05) is 18.5 Å². The van der Waals surface area contributed by atoms with Crippen molar-refractivity contribution in [3.05, 3.63) is 29.8 Å². The molecule has 1 aromatic rings. The van der Waals surface area contributed by atoms with Crippen LogP contribution in [0.5, 0.6) is 11.5 Å². The predicted octanol–water partition coefficient (Wildman–Crippen LogP) is 3.26. The summed E-state index contributed by atoms with van der Waals surface area (Å²) >= 11 is 3.39. The average Bonchev–Trinajstić information content (AvgIpc) is 2.29. The predicted molar refractivity (Wildman–Crippen MR) is 64.9 cm³/mol. The van der Waals surface area contributed by atoms with Crippen LogP contribution >= 0.6 is 15.9 Å². The van der Waals surface area contributed by atoms with Crippen molar-refractivity contribution in [2.45, 2.75) is 6.42 Å². The van der Waals surface area contributed by atoms with Gasteiger partial charge in [-0.25, -0.2) is 0 Å². The summed E-state index contributed by atoms with van der Waals surface area (Å²) in [5.41, 5.74) is 1.15. The van der Waals surface area contributed by atoms with E-state index in [1.807, 2.05) is 18.2 Å². The molecule has 0 saturated heterocycles. The minimum atomic E-state index is 0.640. The van der Waals surface area contributed by atoms with Gasteiger partial charge >= 0.3 is 0 Å². The molecule has 0 aromatic heterocycles. The van der Waals surface area contributed by atoms with Gasteiger partial charge in [0.05, 0.1) is 0 Å². The minimum Gasteiger partial charge on any atom is -0.486 e. The van der Waals surface area contributed by atoms with Gasteiger partial charge in [-0.15, -0.1) is 0 Å². The number of rotatable bonds is 3. The Labute approximate surface area is 98.0 Å². The first-order valence-corrected chi connectivity index (χ1v) is 6.14. The van der Waals surface area contributed by atoms with Crippen LogP contribution in [0.2, 0.25) is 0 Å². The molecule has 1 aliphatic heterocycles. The van der Waals surface area contributed by atoms with Gasteiger partial charge in [0.1, 0.15) is 13.2 Å². The van der Waals surface area contributed by atoms with Crippen LogP contribution in [-0.4, -0.2) is 18.5 Å². The second-order valence-electron chi connectivity index (χ2n) is 3.28. The maximum absolute atomic E-state index is 5.50. The number of alkyl halides is 1. The fraction of sp³-hybridized carbons (Fsp3) is 0.333. The van der Waals surface area contributed by atoms with Gasteiger partial charge in [-0.2, -0.15) is 0 Å². The van der Waals surface area contributed by atoms with Crippen LogP contribution in [0.1, 0.15) is 12.0 Å². The summed E-state index contributed by atoms with van der Waals surface area (Å²) in [4.78, 5) is 0. The molecule has 3 heteroatoms. The summed E-state index contributed by atoms with van der Waals surface area (Å²) < 4.78 is 10.9. The number of fused-ring (bicyclic) bond motifs is 1. The van der Waals surface area contributed by atoms with Crippen molar-refractivity contribution in [1.82, 2.24) is 0 Å². The number of hydrogen-bond acceptors (Lipinski definition) is 2. The van der Waals surface area contributed by atoms with Gasteiger partial charge in [-0.1, -0.05) is 34.1 Å². The molecule has 1 aromatic carbocycles. The Hall–Kier alpha value is -0.960. The summed E-state index contributed by atoms with van der Waals surface area (Å²) in [5, 5.41) is 0.994. The molecule has 0 saturated carbocycles. The van der Waals surface area contributed by atoms with Gasteiger partial charge in [0, 0.05) is 5.33 Å². The zero-order chi connectivity index (χ0) is 10.5. The molecule has 0 unspecified atom stereocenters. The topological polar surface area (TPSA) is 18.5 Å². The number of halogens is 1. The average molecular weight is 269 g/mol. The van der Waals surface area contributed by atoms with Crippen molar-refractivity contribution in [3.63, 3.8) is 0 Å². The third kappa shape index (κ3) is 2.75. The molecule has 0 N–H and O–H groups in total. The first-order chi connectivity index (χ1) is 7.40. The van der Waals surface area contributed by atoms with E-state index >= 15 is 0 Å².